The lowest BCUT2D eigenvalue weighted by Gasteiger charge is -2.40. The third kappa shape index (κ3) is 5.30. The Morgan fingerprint density at radius 1 is 1.28 bits per heavy atom. The first-order valence-electron chi connectivity index (χ1n) is 9.54. The Morgan fingerprint density at radius 3 is 2.56 bits per heavy atom. The minimum absolute atomic E-state index is 0.0152. The van der Waals surface area contributed by atoms with Gasteiger partial charge in [0.25, 0.3) is 0 Å². The summed E-state index contributed by atoms with van der Waals surface area (Å²) in [6.45, 7) is 8.87. The summed E-state index contributed by atoms with van der Waals surface area (Å²) in [5.74, 6) is 0.150. The zero-order chi connectivity index (χ0) is 18.4. The SMILES string of the molecule is CCOC(=O)N1CCCC(N2CCC(F)(C(N)=NC(C)C)CC2)CC1. The van der Waals surface area contributed by atoms with Gasteiger partial charge in [0.2, 0.25) is 0 Å². The molecule has 2 saturated heterocycles. The van der Waals surface area contributed by atoms with E-state index in [1.165, 1.54) is 0 Å². The van der Waals surface area contributed by atoms with Gasteiger partial charge in [0.05, 0.1) is 6.61 Å². The molecular weight excluding hydrogens is 323 g/mol. The zero-order valence-electron chi connectivity index (χ0n) is 15.8. The molecule has 144 valence electrons. The van der Waals surface area contributed by atoms with Gasteiger partial charge in [-0.2, -0.15) is 0 Å². The van der Waals surface area contributed by atoms with E-state index in [2.05, 4.69) is 9.89 Å². The standard InChI is InChI=1S/C18H33FN4O2/c1-4-25-17(24)23-10-5-6-15(7-11-23)22-12-8-18(19,9-13-22)16(20)21-14(2)3/h14-15H,4-13H2,1-3H3,(H2,20,21). The largest absolute Gasteiger partial charge is 0.450 e. The predicted octanol–water partition coefficient (Wildman–Crippen LogP) is 2.57. The van der Waals surface area contributed by atoms with E-state index in [1.54, 1.807) is 4.90 Å². The molecule has 1 unspecified atom stereocenters. The van der Waals surface area contributed by atoms with Crippen LogP contribution in [-0.4, -0.2) is 72.3 Å². The average Bonchev–Trinajstić information content (AvgIpc) is 2.81. The Labute approximate surface area is 150 Å². The van der Waals surface area contributed by atoms with Crippen molar-refractivity contribution in [2.24, 2.45) is 10.7 Å². The average molecular weight is 356 g/mol. The number of carbonyl (C=O) groups excluding carboxylic acids is 1. The topological polar surface area (TPSA) is 71.2 Å². The second-order valence-electron chi connectivity index (χ2n) is 7.38. The molecule has 0 spiro atoms. The lowest BCUT2D eigenvalue weighted by molar-refractivity contribution is 0.0735. The van der Waals surface area contributed by atoms with Crippen LogP contribution in [0, 0.1) is 0 Å². The van der Waals surface area contributed by atoms with Gasteiger partial charge in [-0.15, -0.1) is 0 Å². The summed E-state index contributed by atoms with van der Waals surface area (Å²) in [6.07, 6.45) is 3.47. The number of piperidine rings is 1. The number of nitrogens with two attached hydrogens (primary N) is 1. The molecule has 0 radical (unpaired) electrons. The van der Waals surface area contributed by atoms with Crippen molar-refractivity contribution < 1.29 is 13.9 Å². The molecule has 0 aromatic carbocycles. The van der Waals surface area contributed by atoms with Crippen molar-refractivity contribution in [3.8, 4) is 0 Å². The number of hydrogen-bond acceptors (Lipinski definition) is 4. The van der Waals surface area contributed by atoms with Gasteiger partial charge in [-0.3, -0.25) is 4.99 Å². The summed E-state index contributed by atoms with van der Waals surface area (Å²) in [7, 11) is 0. The van der Waals surface area contributed by atoms with Gasteiger partial charge in [0.15, 0.2) is 5.67 Å². The number of ether oxygens (including phenoxy) is 1. The second-order valence-corrected chi connectivity index (χ2v) is 7.38. The molecule has 2 N–H and O–H groups in total. The quantitative estimate of drug-likeness (QED) is 0.621. The van der Waals surface area contributed by atoms with E-state index in [1.807, 2.05) is 20.8 Å². The van der Waals surface area contributed by atoms with Crippen LogP contribution in [0.3, 0.4) is 0 Å². The molecule has 0 aromatic heterocycles. The van der Waals surface area contributed by atoms with Crippen molar-refractivity contribution in [2.45, 2.75) is 70.6 Å². The number of aliphatic imine (C=N–C) groups is 1. The van der Waals surface area contributed by atoms with Crippen molar-refractivity contribution in [1.29, 1.82) is 0 Å². The van der Waals surface area contributed by atoms with Gasteiger partial charge in [0, 0.05) is 51.1 Å². The van der Waals surface area contributed by atoms with Crippen LogP contribution in [0.1, 0.15) is 52.9 Å². The first-order chi connectivity index (χ1) is 11.9. The second kappa shape index (κ2) is 8.83. The van der Waals surface area contributed by atoms with Crippen LogP contribution >= 0.6 is 0 Å². The highest BCUT2D eigenvalue weighted by atomic mass is 19.1. The van der Waals surface area contributed by atoms with E-state index in [4.69, 9.17) is 10.5 Å². The number of alkyl halides is 1. The minimum atomic E-state index is -1.47. The monoisotopic (exact) mass is 356 g/mol. The van der Waals surface area contributed by atoms with Crippen LogP contribution in [0.2, 0.25) is 0 Å². The van der Waals surface area contributed by atoms with Gasteiger partial charge >= 0.3 is 6.09 Å². The first kappa shape index (κ1) is 19.9. The zero-order valence-corrected chi connectivity index (χ0v) is 15.8. The molecule has 2 aliphatic rings. The summed E-state index contributed by atoms with van der Waals surface area (Å²) >= 11 is 0. The molecule has 6 nitrogen and oxygen atoms in total. The van der Waals surface area contributed by atoms with Gasteiger partial charge in [-0.1, -0.05) is 0 Å². The summed E-state index contributed by atoms with van der Waals surface area (Å²) in [4.78, 5) is 20.3. The number of nitrogens with zero attached hydrogens (tertiary/aromatic N) is 3. The first-order valence-corrected chi connectivity index (χ1v) is 9.54. The molecule has 7 heteroatoms. The van der Waals surface area contributed by atoms with Crippen molar-refractivity contribution in [1.82, 2.24) is 9.80 Å². The fourth-order valence-corrected chi connectivity index (χ4v) is 3.73. The smallest absolute Gasteiger partial charge is 0.409 e. The molecule has 25 heavy (non-hydrogen) atoms. The van der Waals surface area contributed by atoms with E-state index >= 15 is 4.39 Å². The van der Waals surface area contributed by atoms with Crippen LogP contribution in [0.4, 0.5) is 9.18 Å². The minimum Gasteiger partial charge on any atom is -0.450 e. The van der Waals surface area contributed by atoms with E-state index in [9.17, 15) is 4.79 Å². The Bertz CT molecular complexity index is 476. The number of amidine groups is 1. The number of amides is 1. The van der Waals surface area contributed by atoms with Crippen molar-refractivity contribution >= 4 is 11.9 Å². The summed E-state index contributed by atoms with van der Waals surface area (Å²) in [5.41, 5.74) is 4.44. The Morgan fingerprint density at radius 2 is 1.96 bits per heavy atom. The van der Waals surface area contributed by atoms with Crippen LogP contribution in [0.5, 0.6) is 0 Å². The highest BCUT2D eigenvalue weighted by Crippen LogP contribution is 2.30. The van der Waals surface area contributed by atoms with Crippen molar-refractivity contribution in [2.75, 3.05) is 32.8 Å². The maximum absolute atomic E-state index is 15.0. The lowest BCUT2D eigenvalue weighted by atomic mass is 9.90. The molecule has 0 aromatic rings. The predicted molar refractivity (Wildman–Crippen MR) is 97.6 cm³/mol. The maximum atomic E-state index is 15.0. The van der Waals surface area contributed by atoms with Crippen LogP contribution in [0.15, 0.2) is 4.99 Å². The molecule has 0 aliphatic carbocycles. The third-order valence-corrected chi connectivity index (χ3v) is 5.19. The molecule has 1 amide bonds. The van der Waals surface area contributed by atoms with Gasteiger partial charge < -0.3 is 20.3 Å². The fraction of sp³-hybridized carbons (Fsp3) is 0.889. The van der Waals surface area contributed by atoms with Crippen LogP contribution in [0.25, 0.3) is 0 Å². The van der Waals surface area contributed by atoms with Gasteiger partial charge in [-0.05, 0) is 40.0 Å². The van der Waals surface area contributed by atoms with Crippen LogP contribution in [-0.2, 0) is 4.74 Å². The summed E-state index contributed by atoms with van der Waals surface area (Å²) in [5, 5.41) is 0. The van der Waals surface area contributed by atoms with E-state index in [0.29, 0.717) is 45.1 Å². The van der Waals surface area contributed by atoms with E-state index < -0.39 is 5.67 Å². The van der Waals surface area contributed by atoms with Crippen molar-refractivity contribution in [3.63, 3.8) is 0 Å². The molecule has 1 atom stereocenters. The number of likely N-dealkylation sites (tertiary alicyclic amines) is 2. The molecule has 2 rings (SSSR count). The maximum Gasteiger partial charge on any atom is 0.409 e. The van der Waals surface area contributed by atoms with Crippen LogP contribution < -0.4 is 5.73 Å². The molecular formula is C18H33FN4O2. The van der Waals surface area contributed by atoms with E-state index in [-0.39, 0.29) is 18.0 Å². The Kier molecular flexibility index (Phi) is 7.04. The molecule has 2 aliphatic heterocycles. The van der Waals surface area contributed by atoms with Gasteiger partial charge in [0.1, 0.15) is 5.84 Å². The summed E-state index contributed by atoms with van der Waals surface area (Å²) < 4.78 is 20.1. The number of hydrogen-bond donors (Lipinski definition) is 1. The number of rotatable bonds is 4. The third-order valence-electron chi connectivity index (χ3n) is 5.19. The van der Waals surface area contributed by atoms with E-state index in [0.717, 1.165) is 25.8 Å². The molecule has 2 heterocycles. The molecule has 2 fully saturated rings. The van der Waals surface area contributed by atoms with Crippen molar-refractivity contribution in [3.05, 3.63) is 0 Å². The summed E-state index contributed by atoms with van der Waals surface area (Å²) in [6, 6.07) is 0.411. The highest BCUT2D eigenvalue weighted by Gasteiger charge is 2.40. The van der Waals surface area contributed by atoms with Gasteiger partial charge in [-0.25, -0.2) is 9.18 Å². The molecule has 0 bridgehead atoms. The Balaban J connectivity index is 1.87. The lowest BCUT2D eigenvalue weighted by Crippen LogP contribution is -2.52. The molecule has 0 saturated carbocycles. The number of carbonyl (C=O) groups is 1. The number of halogens is 1. The normalized spacial score (nSPS) is 25.7. The highest BCUT2D eigenvalue weighted by molar-refractivity contribution is 5.89. The fourth-order valence-electron chi connectivity index (χ4n) is 3.73. The Hall–Kier alpha value is -1.37.